The number of rotatable bonds is 6. The molecule has 0 bridgehead atoms. The van der Waals surface area contributed by atoms with Gasteiger partial charge in [0.2, 0.25) is 0 Å². The van der Waals surface area contributed by atoms with E-state index in [2.05, 4.69) is 15.5 Å². The van der Waals surface area contributed by atoms with Crippen LogP contribution in [0.1, 0.15) is 12.6 Å². The lowest BCUT2D eigenvalue weighted by atomic mass is 10.3. The molecule has 1 N–H and O–H groups in total. The summed E-state index contributed by atoms with van der Waals surface area (Å²) in [5.74, 6) is -0.139. The van der Waals surface area contributed by atoms with Crippen molar-refractivity contribution in [1.82, 2.24) is 24.9 Å². The van der Waals surface area contributed by atoms with Crippen molar-refractivity contribution in [2.24, 2.45) is 7.05 Å². The molecule has 0 aliphatic carbocycles. The van der Waals surface area contributed by atoms with E-state index in [1.807, 2.05) is 18.7 Å². The topological polar surface area (TPSA) is 74.0 Å². The molecule has 0 saturated carbocycles. The Balaban J connectivity index is 1.54. The average molecular weight is 345 g/mol. The summed E-state index contributed by atoms with van der Waals surface area (Å²) in [5, 5.41) is 11.5. The second-order valence-electron chi connectivity index (χ2n) is 5.82. The van der Waals surface area contributed by atoms with Crippen molar-refractivity contribution in [2.75, 3.05) is 6.54 Å². The van der Waals surface area contributed by atoms with Crippen LogP contribution < -0.4 is 10.1 Å². The molecule has 7 nitrogen and oxygen atoms in total. The molecule has 3 rings (SSSR count). The van der Waals surface area contributed by atoms with E-state index in [0.29, 0.717) is 18.8 Å². The Hall–Kier alpha value is -2.90. The van der Waals surface area contributed by atoms with Crippen molar-refractivity contribution < 1.29 is 13.9 Å². The maximum absolute atomic E-state index is 12.9. The summed E-state index contributed by atoms with van der Waals surface area (Å²) >= 11 is 0. The predicted octanol–water partition coefficient (Wildman–Crippen LogP) is 1.80. The van der Waals surface area contributed by atoms with Crippen LogP contribution in [-0.4, -0.2) is 38.1 Å². The Morgan fingerprint density at radius 1 is 1.36 bits per heavy atom. The zero-order valence-electron chi connectivity index (χ0n) is 14.4. The van der Waals surface area contributed by atoms with Crippen molar-refractivity contribution >= 4 is 16.9 Å². The van der Waals surface area contributed by atoms with E-state index in [9.17, 15) is 9.18 Å². The average Bonchev–Trinajstić information content (AvgIpc) is 3.12. The van der Waals surface area contributed by atoms with Gasteiger partial charge >= 0.3 is 0 Å². The van der Waals surface area contributed by atoms with Gasteiger partial charge in [0, 0.05) is 13.6 Å². The smallest absolute Gasteiger partial charge is 0.260 e. The van der Waals surface area contributed by atoms with E-state index in [0.717, 1.165) is 16.7 Å². The van der Waals surface area contributed by atoms with E-state index in [-0.39, 0.29) is 11.7 Å². The van der Waals surface area contributed by atoms with Gasteiger partial charge in [-0.15, -0.1) is 0 Å². The number of carbonyl (C=O) groups is 1. The number of carbonyl (C=O) groups excluding carboxylic acids is 1. The van der Waals surface area contributed by atoms with Crippen LogP contribution in [-0.2, 0) is 18.4 Å². The van der Waals surface area contributed by atoms with Gasteiger partial charge in [-0.25, -0.2) is 4.39 Å². The molecule has 1 amide bonds. The van der Waals surface area contributed by atoms with Gasteiger partial charge in [0.25, 0.3) is 5.91 Å². The monoisotopic (exact) mass is 345 g/mol. The second kappa shape index (κ2) is 6.92. The first-order valence-electron chi connectivity index (χ1n) is 8.01. The molecule has 0 aliphatic heterocycles. The number of ether oxygens (including phenoxy) is 1. The second-order valence-corrected chi connectivity index (χ2v) is 5.82. The quantitative estimate of drug-likeness (QED) is 0.739. The number of fused-ring (bicyclic) bond motifs is 1. The lowest BCUT2D eigenvalue weighted by Crippen LogP contribution is -2.38. The van der Waals surface area contributed by atoms with Gasteiger partial charge in [-0.2, -0.15) is 10.2 Å². The minimum Gasteiger partial charge on any atom is -0.481 e. The van der Waals surface area contributed by atoms with Gasteiger partial charge in [-0.1, -0.05) is 0 Å². The Kier molecular flexibility index (Phi) is 4.69. The molecule has 0 spiro atoms. The zero-order valence-corrected chi connectivity index (χ0v) is 14.4. The largest absolute Gasteiger partial charge is 0.481 e. The van der Waals surface area contributed by atoms with E-state index in [1.54, 1.807) is 17.8 Å². The number of benzene rings is 1. The zero-order chi connectivity index (χ0) is 18.0. The van der Waals surface area contributed by atoms with Crippen LogP contribution in [0.3, 0.4) is 0 Å². The fourth-order valence-corrected chi connectivity index (χ4v) is 2.68. The van der Waals surface area contributed by atoms with Crippen molar-refractivity contribution in [3.63, 3.8) is 0 Å². The van der Waals surface area contributed by atoms with Crippen LogP contribution in [0.2, 0.25) is 0 Å². The van der Waals surface area contributed by atoms with Crippen LogP contribution in [0.5, 0.6) is 5.75 Å². The third-order valence-corrected chi connectivity index (χ3v) is 3.93. The van der Waals surface area contributed by atoms with Gasteiger partial charge in [0.1, 0.15) is 22.6 Å². The number of hydrogen-bond acceptors (Lipinski definition) is 4. The van der Waals surface area contributed by atoms with Crippen LogP contribution in [0.4, 0.5) is 4.39 Å². The molecular formula is C17H20FN5O2. The molecule has 3 aromatic rings. The van der Waals surface area contributed by atoms with E-state index in [4.69, 9.17) is 4.74 Å². The lowest BCUT2D eigenvalue weighted by Gasteiger charge is -2.14. The Bertz CT molecular complexity index is 884. The van der Waals surface area contributed by atoms with Crippen molar-refractivity contribution in [1.29, 1.82) is 0 Å². The van der Waals surface area contributed by atoms with Gasteiger partial charge in [-0.05, 0) is 38.1 Å². The Morgan fingerprint density at radius 3 is 2.80 bits per heavy atom. The third-order valence-electron chi connectivity index (χ3n) is 3.93. The molecule has 2 aromatic heterocycles. The number of amides is 1. The molecule has 0 radical (unpaired) electrons. The Labute approximate surface area is 144 Å². The minimum atomic E-state index is -0.678. The maximum Gasteiger partial charge on any atom is 0.260 e. The molecule has 0 fully saturated rings. The predicted molar refractivity (Wildman–Crippen MR) is 90.7 cm³/mol. The molecule has 132 valence electrons. The number of hydrogen-bond donors (Lipinski definition) is 1. The first kappa shape index (κ1) is 16.9. The molecule has 25 heavy (non-hydrogen) atoms. The lowest BCUT2D eigenvalue weighted by molar-refractivity contribution is -0.127. The summed E-state index contributed by atoms with van der Waals surface area (Å²) in [6, 6.07) is 5.56. The number of halogens is 1. The van der Waals surface area contributed by atoms with Crippen LogP contribution >= 0.6 is 0 Å². The van der Waals surface area contributed by atoms with Gasteiger partial charge in [0.05, 0.1) is 18.4 Å². The molecule has 1 atom stereocenters. The van der Waals surface area contributed by atoms with Gasteiger partial charge < -0.3 is 10.1 Å². The highest BCUT2D eigenvalue weighted by molar-refractivity contribution is 5.80. The van der Waals surface area contributed by atoms with Gasteiger partial charge in [0.15, 0.2) is 6.10 Å². The van der Waals surface area contributed by atoms with Crippen LogP contribution in [0.25, 0.3) is 11.0 Å². The van der Waals surface area contributed by atoms with Crippen molar-refractivity contribution in [3.8, 4) is 5.75 Å². The summed E-state index contributed by atoms with van der Waals surface area (Å²) in [5.41, 5.74) is 2.82. The van der Waals surface area contributed by atoms with Gasteiger partial charge in [-0.3, -0.25) is 14.2 Å². The summed E-state index contributed by atoms with van der Waals surface area (Å²) in [6.07, 6.45) is 1.08. The minimum absolute atomic E-state index is 0.240. The molecular weight excluding hydrogens is 325 g/mol. The highest BCUT2D eigenvalue weighted by Gasteiger charge is 2.15. The van der Waals surface area contributed by atoms with Crippen molar-refractivity contribution in [2.45, 2.75) is 26.5 Å². The summed E-state index contributed by atoms with van der Waals surface area (Å²) in [6.45, 7) is 4.53. The normalized spacial score (nSPS) is 12.3. The Morgan fingerprint density at radius 2 is 2.08 bits per heavy atom. The highest BCUT2D eigenvalue weighted by atomic mass is 19.1. The molecule has 0 saturated heterocycles. The molecule has 0 unspecified atom stereocenters. The summed E-state index contributed by atoms with van der Waals surface area (Å²) in [7, 11) is 1.87. The van der Waals surface area contributed by atoms with Crippen molar-refractivity contribution in [3.05, 3.63) is 42.0 Å². The third kappa shape index (κ3) is 3.62. The van der Waals surface area contributed by atoms with E-state index in [1.165, 1.54) is 24.3 Å². The number of nitrogens with zero attached hydrogens (tertiary/aromatic N) is 4. The van der Waals surface area contributed by atoms with Crippen LogP contribution in [0, 0.1) is 12.7 Å². The first-order valence-corrected chi connectivity index (χ1v) is 8.01. The van der Waals surface area contributed by atoms with E-state index < -0.39 is 6.10 Å². The van der Waals surface area contributed by atoms with E-state index >= 15 is 0 Å². The first-order chi connectivity index (χ1) is 12.0. The fraction of sp³-hybridized carbons (Fsp3) is 0.353. The number of nitrogens with one attached hydrogen (secondary N) is 1. The molecule has 0 aliphatic rings. The molecule has 1 aromatic carbocycles. The molecule has 8 heteroatoms. The highest BCUT2D eigenvalue weighted by Crippen LogP contribution is 2.16. The number of aryl methyl sites for hydroxylation is 2. The standard InChI is InChI=1S/C17H20FN5O2/c1-11-16-15(22(3)21-11)10-20-23(16)9-8-19-17(24)12(2)25-14-6-4-13(18)5-7-14/h4-7,10,12H,8-9H2,1-3H3,(H,19,24)/t12-/m0/s1. The SMILES string of the molecule is Cc1nn(C)c2cnn(CCNC(=O)[C@H](C)Oc3ccc(F)cc3)c12. The fourth-order valence-electron chi connectivity index (χ4n) is 2.68. The summed E-state index contributed by atoms with van der Waals surface area (Å²) < 4.78 is 22.0. The maximum atomic E-state index is 12.9. The van der Waals surface area contributed by atoms with Crippen LogP contribution in [0.15, 0.2) is 30.5 Å². The number of aromatic nitrogens is 4. The molecule has 2 heterocycles. The summed E-state index contributed by atoms with van der Waals surface area (Å²) in [4.78, 5) is 12.1.